The van der Waals surface area contributed by atoms with Crippen LogP contribution in [0.3, 0.4) is 0 Å². The van der Waals surface area contributed by atoms with Crippen LogP contribution in [0.5, 0.6) is 0 Å². The Morgan fingerprint density at radius 2 is 2.05 bits per heavy atom. The number of hydrogen-bond donors (Lipinski definition) is 1. The summed E-state index contributed by atoms with van der Waals surface area (Å²) in [7, 11) is 0. The zero-order valence-electron chi connectivity index (χ0n) is 11.4. The molecule has 2 aromatic heterocycles. The van der Waals surface area contributed by atoms with Gasteiger partial charge in [-0.2, -0.15) is 5.26 Å². The third-order valence-electron chi connectivity index (χ3n) is 2.96. The Morgan fingerprint density at radius 1 is 1.23 bits per heavy atom. The fraction of sp³-hybridized carbons (Fsp3) is 0.0625. The molecule has 3 aromatic rings. The number of nitrogens with zero attached hydrogens (tertiary/aromatic N) is 2. The molecule has 0 spiro atoms. The van der Waals surface area contributed by atoms with Gasteiger partial charge >= 0.3 is 0 Å². The van der Waals surface area contributed by atoms with Crippen molar-refractivity contribution < 1.29 is 4.79 Å². The van der Waals surface area contributed by atoms with Crippen molar-refractivity contribution in [2.24, 2.45) is 0 Å². The molecule has 108 valence electrons. The Hall–Kier alpha value is -2.49. The van der Waals surface area contributed by atoms with Gasteiger partial charge in [0, 0.05) is 11.1 Å². The molecule has 0 fully saturated rings. The maximum atomic E-state index is 12.2. The van der Waals surface area contributed by atoms with E-state index in [1.807, 2.05) is 29.6 Å². The van der Waals surface area contributed by atoms with Crippen LogP contribution in [0.25, 0.3) is 9.88 Å². The van der Waals surface area contributed by atoms with E-state index in [4.69, 9.17) is 5.26 Å². The Bertz CT molecular complexity index is 814. The lowest BCUT2D eigenvalue weighted by atomic mass is 10.1. The number of aromatic nitrogens is 1. The minimum atomic E-state index is -0.230. The Morgan fingerprint density at radius 3 is 2.73 bits per heavy atom. The van der Waals surface area contributed by atoms with E-state index >= 15 is 0 Å². The number of rotatable bonds is 4. The maximum Gasteiger partial charge on any atom is 0.275 e. The van der Waals surface area contributed by atoms with Gasteiger partial charge in [0.25, 0.3) is 5.91 Å². The van der Waals surface area contributed by atoms with Crippen molar-refractivity contribution in [2.75, 3.05) is 5.32 Å². The number of carbonyl (C=O) groups excluding carboxylic acids is 1. The first kappa shape index (κ1) is 14.4. The first-order chi connectivity index (χ1) is 10.8. The van der Waals surface area contributed by atoms with Crippen molar-refractivity contribution in [1.29, 1.82) is 5.26 Å². The number of nitriles is 1. The zero-order valence-corrected chi connectivity index (χ0v) is 13.1. The fourth-order valence-electron chi connectivity index (χ4n) is 1.88. The summed E-state index contributed by atoms with van der Waals surface area (Å²) in [6.07, 6.45) is 0.366. The molecule has 0 aliphatic heterocycles. The van der Waals surface area contributed by atoms with Crippen LogP contribution in [-0.2, 0) is 6.42 Å². The smallest absolute Gasteiger partial charge is 0.275 e. The monoisotopic (exact) mass is 325 g/mol. The summed E-state index contributed by atoms with van der Waals surface area (Å²) < 4.78 is 0. The minimum absolute atomic E-state index is 0.230. The lowest BCUT2D eigenvalue weighted by Gasteiger charge is -2.03. The molecule has 3 rings (SSSR count). The number of carbonyl (C=O) groups is 1. The van der Waals surface area contributed by atoms with E-state index in [0.29, 0.717) is 17.8 Å². The SMILES string of the molecule is N#CCc1ccc(NC(=O)c2csc(-c3cccs3)n2)cc1. The number of anilines is 1. The lowest BCUT2D eigenvalue weighted by molar-refractivity contribution is 0.102. The molecule has 4 nitrogen and oxygen atoms in total. The minimum Gasteiger partial charge on any atom is -0.321 e. The van der Waals surface area contributed by atoms with Crippen molar-refractivity contribution in [3.63, 3.8) is 0 Å². The number of thiophene rings is 1. The molecule has 0 saturated carbocycles. The van der Waals surface area contributed by atoms with Crippen LogP contribution in [0.15, 0.2) is 47.2 Å². The zero-order chi connectivity index (χ0) is 15.4. The summed E-state index contributed by atoms with van der Waals surface area (Å²) in [5.74, 6) is -0.230. The second kappa shape index (κ2) is 6.52. The molecule has 6 heteroatoms. The van der Waals surface area contributed by atoms with Crippen LogP contribution >= 0.6 is 22.7 Å². The van der Waals surface area contributed by atoms with Gasteiger partial charge in [-0.3, -0.25) is 4.79 Å². The highest BCUT2D eigenvalue weighted by molar-refractivity contribution is 7.20. The molecule has 0 aliphatic carbocycles. The van der Waals surface area contributed by atoms with Crippen molar-refractivity contribution in [1.82, 2.24) is 4.98 Å². The van der Waals surface area contributed by atoms with Gasteiger partial charge in [-0.1, -0.05) is 18.2 Å². The third kappa shape index (κ3) is 3.22. The van der Waals surface area contributed by atoms with Crippen LogP contribution in [0.2, 0.25) is 0 Å². The van der Waals surface area contributed by atoms with Gasteiger partial charge in [0.2, 0.25) is 0 Å². The summed E-state index contributed by atoms with van der Waals surface area (Å²) in [6.45, 7) is 0. The van der Waals surface area contributed by atoms with Gasteiger partial charge < -0.3 is 5.32 Å². The number of hydrogen-bond acceptors (Lipinski definition) is 5. The number of nitrogens with one attached hydrogen (secondary N) is 1. The molecule has 1 amide bonds. The summed E-state index contributed by atoms with van der Waals surface area (Å²) in [4.78, 5) is 17.6. The molecule has 1 N–H and O–H groups in total. The average molecular weight is 325 g/mol. The summed E-state index contributed by atoms with van der Waals surface area (Å²) in [5.41, 5.74) is 2.03. The van der Waals surface area contributed by atoms with Gasteiger partial charge in [0.05, 0.1) is 17.4 Å². The van der Waals surface area contributed by atoms with E-state index in [1.54, 1.807) is 28.8 Å². The van der Waals surface area contributed by atoms with Crippen molar-refractivity contribution in [3.05, 3.63) is 58.4 Å². The summed E-state index contributed by atoms with van der Waals surface area (Å²) >= 11 is 3.06. The Labute approximate surface area is 135 Å². The topological polar surface area (TPSA) is 65.8 Å². The van der Waals surface area contributed by atoms with E-state index < -0.39 is 0 Å². The molecular formula is C16H11N3OS2. The fourth-order valence-corrected chi connectivity index (χ4v) is 3.50. The highest BCUT2D eigenvalue weighted by Crippen LogP contribution is 2.28. The van der Waals surface area contributed by atoms with Gasteiger partial charge in [-0.15, -0.1) is 22.7 Å². The van der Waals surface area contributed by atoms with Crippen LogP contribution < -0.4 is 5.32 Å². The molecular weight excluding hydrogens is 314 g/mol. The second-order valence-corrected chi connectivity index (χ2v) is 6.31. The molecule has 0 saturated heterocycles. The van der Waals surface area contributed by atoms with Gasteiger partial charge in [0.15, 0.2) is 0 Å². The van der Waals surface area contributed by atoms with Crippen LogP contribution in [-0.4, -0.2) is 10.9 Å². The Kier molecular flexibility index (Phi) is 4.28. The first-order valence-corrected chi connectivity index (χ1v) is 8.29. The molecule has 0 aliphatic rings. The number of thiazole rings is 1. The molecule has 0 radical (unpaired) electrons. The van der Waals surface area contributed by atoms with E-state index in [0.717, 1.165) is 15.4 Å². The van der Waals surface area contributed by atoms with E-state index in [1.165, 1.54) is 11.3 Å². The van der Waals surface area contributed by atoms with E-state index in [2.05, 4.69) is 16.4 Å². The number of benzene rings is 1. The predicted octanol–water partition coefficient (Wildman–Crippen LogP) is 4.19. The van der Waals surface area contributed by atoms with E-state index in [9.17, 15) is 4.79 Å². The van der Waals surface area contributed by atoms with Gasteiger partial charge in [-0.25, -0.2) is 4.98 Å². The third-order valence-corrected chi connectivity index (χ3v) is 4.85. The molecule has 22 heavy (non-hydrogen) atoms. The summed E-state index contributed by atoms with van der Waals surface area (Å²) in [5, 5.41) is 16.0. The molecule has 0 bridgehead atoms. The van der Waals surface area contributed by atoms with Gasteiger partial charge in [-0.05, 0) is 29.1 Å². The Balaban J connectivity index is 1.71. The lowest BCUT2D eigenvalue weighted by Crippen LogP contribution is -2.12. The molecule has 2 heterocycles. The standard InChI is InChI=1S/C16H11N3OS2/c17-8-7-11-3-5-12(6-4-11)18-15(20)13-10-22-16(19-13)14-2-1-9-21-14/h1-6,9-10H,7H2,(H,18,20). The highest BCUT2D eigenvalue weighted by atomic mass is 32.1. The quantitative estimate of drug-likeness (QED) is 0.782. The summed E-state index contributed by atoms with van der Waals surface area (Å²) in [6, 6.07) is 13.3. The predicted molar refractivity (Wildman–Crippen MR) is 89.1 cm³/mol. The van der Waals surface area contributed by atoms with E-state index in [-0.39, 0.29) is 5.91 Å². The second-order valence-electron chi connectivity index (χ2n) is 4.50. The van der Waals surface area contributed by atoms with Crippen LogP contribution in [0.1, 0.15) is 16.1 Å². The normalized spacial score (nSPS) is 10.1. The van der Waals surface area contributed by atoms with Crippen molar-refractivity contribution in [2.45, 2.75) is 6.42 Å². The molecule has 1 aromatic carbocycles. The average Bonchev–Trinajstić information content (AvgIpc) is 3.20. The van der Waals surface area contributed by atoms with Gasteiger partial charge in [0.1, 0.15) is 10.7 Å². The maximum absolute atomic E-state index is 12.2. The molecule has 0 atom stereocenters. The number of amides is 1. The van der Waals surface area contributed by atoms with Crippen LogP contribution in [0, 0.1) is 11.3 Å². The largest absolute Gasteiger partial charge is 0.321 e. The van der Waals surface area contributed by atoms with Crippen LogP contribution in [0.4, 0.5) is 5.69 Å². The highest BCUT2D eigenvalue weighted by Gasteiger charge is 2.12. The van der Waals surface area contributed by atoms with Crippen molar-refractivity contribution >= 4 is 34.3 Å². The molecule has 0 unspecified atom stereocenters. The van der Waals surface area contributed by atoms with Crippen molar-refractivity contribution in [3.8, 4) is 16.0 Å². The first-order valence-electron chi connectivity index (χ1n) is 6.53.